The van der Waals surface area contributed by atoms with Gasteiger partial charge in [0.2, 0.25) is 5.91 Å². The number of hydrogen-bond acceptors (Lipinski definition) is 8. The fraction of sp³-hybridized carbons (Fsp3) is 0.429. The van der Waals surface area contributed by atoms with Crippen molar-refractivity contribution < 1.29 is 9.53 Å². The van der Waals surface area contributed by atoms with Crippen LogP contribution in [0.5, 0.6) is 0 Å². The lowest BCUT2D eigenvalue weighted by molar-refractivity contribution is -0.127. The van der Waals surface area contributed by atoms with Gasteiger partial charge in [0.1, 0.15) is 17.2 Å². The Morgan fingerprint density at radius 3 is 2.53 bits per heavy atom. The second-order valence-electron chi connectivity index (χ2n) is 12.4. The molecule has 10 nitrogen and oxygen atoms in total. The Kier molecular flexibility index (Phi) is 8.25. The first kappa shape index (κ1) is 29.4. The Labute approximate surface area is 264 Å². The zero-order valence-corrected chi connectivity index (χ0v) is 26.0. The van der Waals surface area contributed by atoms with E-state index in [0.29, 0.717) is 23.9 Å². The first-order valence-corrected chi connectivity index (χ1v) is 16.2. The molecule has 8 rings (SSSR count). The average molecular weight is 607 g/mol. The fourth-order valence-corrected chi connectivity index (χ4v) is 7.34. The van der Waals surface area contributed by atoms with Gasteiger partial charge in [0.15, 0.2) is 11.5 Å². The zero-order valence-electron chi connectivity index (χ0n) is 26.0. The molecule has 234 valence electrons. The number of imidazole rings is 1. The number of rotatable bonds is 5. The van der Waals surface area contributed by atoms with Gasteiger partial charge in [0, 0.05) is 31.0 Å². The highest BCUT2D eigenvalue weighted by Crippen LogP contribution is 2.36. The maximum atomic E-state index is 11.1. The van der Waals surface area contributed by atoms with Crippen molar-refractivity contribution in [2.75, 3.05) is 44.0 Å². The van der Waals surface area contributed by atoms with Crippen LogP contribution in [0.2, 0.25) is 0 Å². The third kappa shape index (κ3) is 5.68. The number of morpholine rings is 1. The number of carbonyl (C=O) groups excluding carboxylic acids is 1. The highest BCUT2D eigenvalue weighted by atomic mass is 16.5. The largest absolute Gasteiger partial charge is 0.383 e. The molecule has 3 aromatic heterocycles. The molecule has 3 fully saturated rings. The van der Waals surface area contributed by atoms with E-state index in [1.165, 1.54) is 23.6 Å². The molecule has 2 unspecified atom stereocenters. The van der Waals surface area contributed by atoms with Gasteiger partial charge in [-0.05, 0) is 106 Å². The van der Waals surface area contributed by atoms with Gasteiger partial charge in [-0.25, -0.2) is 15.0 Å². The number of ether oxygens (including phenoxy) is 1. The molecule has 3 N–H and O–H groups in total. The summed E-state index contributed by atoms with van der Waals surface area (Å²) in [7, 11) is 1.97. The van der Waals surface area contributed by atoms with Gasteiger partial charge < -0.3 is 25.6 Å². The van der Waals surface area contributed by atoms with Crippen LogP contribution in [0.3, 0.4) is 0 Å². The second-order valence-corrected chi connectivity index (χ2v) is 12.4. The number of benzene rings is 1. The number of likely N-dealkylation sites (tertiary alicyclic amines) is 1. The molecule has 45 heavy (non-hydrogen) atoms. The topological polar surface area (TPSA) is 114 Å². The third-order valence-corrected chi connectivity index (χ3v) is 9.80. The van der Waals surface area contributed by atoms with E-state index < -0.39 is 0 Å². The molecular formula is C35H42N8O2. The monoisotopic (exact) mass is 606 g/mol. The maximum absolute atomic E-state index is 11.1. The first-order valence-electron chi connectivity index (χ1n) is 16.2. The SMILES string of the molecule is C=CC(=O)N1CCC(NC)CC1.Nc1ncccc1-c1nc2ccc(N3C4CCC3COC4)nc2n1-c1ccc2c(c1)CCC2. The van der Waals surface area contributed by atoms with Gasteiger partial charge in [-0.1, -0.05) is 12.6 Å². The van der Waals surface area contributed by atoms with Crippen molar-refractivity contribution in [3.8, 4) is 17.1 Å². The summed E-state index contributed by atoms with van der Waals surface area (Å²) < 4.78 is 7.96. The lowest BCUT2D eigenvalue weighted by atomic mass is 10.1. The van der Waals surface area contributed by atoms with Crippen LogP contribution in [0.15, 0.2) is 61.3 Å². The normalized spacial score (nSPS) is 21.0. The number of fused-ring (bicyclic) bond motifs is 4. The fourth-order valence-electron chi connectivity index (χ4n) is 7.34. The van der Waals surface area contributed by atoms with Crippen LogP contribution >= 0.6 is 0 Å². The van der Waals surface area contributed by atoms with E-state index in [1.54, 1.807) is 6.20 Å². The Morgan fingerprint density at radius 2 is 1.80 bits per heavy atom. The number of aromatic nitrogens is 4. The maximum Gasteiger partial charge on any atom is 0.245 e. The van der Waals surface area contributed by atoms with Crippen molar-refractivity contribution in [3.63, 3.8) is 0 Å². The second kappa shape index (κ2) is 12.6. The number of nitrogens with one attached hydrogen (secondary N) is 1. The summed E-state index contributed by atoms with van der Waals surface area (Å²) in [6, 6.07) is 16.2. The average Bonchev–Trinajstić information content (AvgIpc) is 3.77. The van der Waals surface area contributed by atoms with Gasteiger partial charge in [0.25, 0.3) is 0 Å². The minimum Gasteiger partial charge on any atom is -0.383 e. The molecule has 1 amide bonds. The molecule has 1 aliphatic carbocycles. The minimum atomic E-state index is 0.0598. The molecule has 6 heterocycles. The van der Waals surface area contributed by atoms with Gasteiger partial charge in [0.05, 0.1) is 30.9 Å². The quantitative estimate of drug-likeness (QED) is 0.323. The summed E-state index contributed by atoms with van der Waals surface area (Å²) in [5.41, 5.74) is 12.8. The van der Waals surface area contributed by atoms with Crippen molar-refractivity contribution in [2.24, 2.45) is 0 Å². The standard InChI is InChI=1S/C26H26N6O.C9H16N2O/c27-24-21(5-2-12-28-24)25-29-22-10-11-23(31-19-8-9-20(31)15-33-14-19)30-26(22)32(25)18-7-6-16-3-1-4-17(16)13-18;1-3-9(12)11-6-4-8(10-2)5-7-11/h2,5-7,10-13,19-20H,1,3-4,8-9,14-15H2,(H2,27,28);3,8,10H,1,4-7H2,2H3. The van der Waals surface area contributed by atoms with Crippen molar-refractivity contribution in [3.05, 3.63) is 72.4 Å². The molecule has 0 saturated carbocycles. The molecule has 4 aromatic rings. The number of nitrogens with two attached hydrogens (primary N) is 1. The number of amides is 1. The van der Waals surface area contributed by atoms with Crippen LogP contribution in [-0.2, 0) is 22.4 Å². The Balaban J connectivity index is 0.000000230. The molecule has 0 radical (unpaired) electrons. The molecule has 0 spiro atoms. The molecular weight excluding hydrogens is 564 g/mol. The lowest BCUT2D eigenvalue weighted by Gasteiger charge is -2.35. The van der Waals surface area contributed by atoms with Gasteiger partial charge in [-0.15, -0.1) is 0 Å². The van der Waals surface area contributed by atoms with E-state index in [0.717, 1.165) is 98.9 Å². The van der Waals surface area contributed by atoms with Crippen LogP contribution in [0, 0.1) is 0 Å². The van der Waals surface area contributed by atoms with Gasteiger partial charge >= 0.3 is 0 Å². The number of pyridine rings is 2. The summed E-state index contributed by atoms with van der Waals surface area (Å²) in [5.74, 6) is 2.32. The Hall–Kier alpha value is -4.28. The third-order valence-electron chi connectivity index (χ3n) is 9.80. The summed E-state index contributed by atoms with van der Waals surface area (Å²) in [4.78, 5) is 30.0. The van der Waals surface area contributed by atoms with Crippen molar-refractivity contribution in [2.45, 2.75) is 63.1 Å². The molecule has 4 aliphatic rings. The number of piperidine rings is 1. The molecule has 3 saturated heterocycles. The summed E-state index contributed by atoms with van der Waals surface area (Å²) in [6.45, 7) is 6.73. The molecule has 2 bridgehead atoms. The minimum absolute atomic E-state index is 0.0598. The Morgan fingerprint density at radius 1 is 1.02 bits per heavy atom. The number of carbonyl (C=O) groups is 1. The summed E-state index contributed by atoms with van der Waals surface area (Å²) in [5, 5.41) is 3.22. The van der Waals surface area contributed by atoms with E-state index in [2.05, 4.69) is 56.7 Å². The number of aryl methyl sites for hydroxylation is 2. The number of anilines is 2. The number of nitrogen functional groups attached to an aromatic ring is 1. The lowest BCUT2D eigenvalue weighted by Crippen LogP contribution is -2.46. The number of nitrogens with zero attached hydrogens (tertiary/aromatic N) is 6. The van der Waals surface area contributed by atoms with E-state index in [4.69, 9.17) is 20.4 Å². The van der Waals surface area contributed by atoms with E-state index in [1.807, 2.05) is 24.1 Å². The van der Waals surface area contributed by atoms with Crippen LogP contribution in [-0.4, -0.2) is 81.8 Å². The zero-order chi connectivity index (χ0) is 30.9. The molecule has 3 aliphatic heterocycles. The summed E-state index contributed by atoms with van der Waals surface area (Å²) in [6.07, 6.45) is 11.0. The van der Waals surface area contributed by atoms with E-state index in [9.17, 15) is 4.79 Å². The van der Waals surface area contributed by atoms with Gasteiger partial charge in [-0.3, -0.25) is 9.36 Å². The summed E-state index contributed by atoms with van der Waals surface area (Å²) >= 11 is 0. The molecule has 1 aromatic carbocycles. The van der Waals surface area contributed by atoms with Gasteiger partial charge in [-0.2, -0.15) is 0 Å². The molecule has 2 atom stereocenters. The van der Waals surface area contributed by atoms with Crippen LogP contribution in [0.4, 0.5) is 11.6 Å². The van der Waals surface area contributed by atoms with E-state index >= 15 is 0 Å². The predicted octanol–water partition coefficient (Wildman–Crippen LogP) is 4.30. The highest BCUT2D eigenvalue weighted by molar-refractivity contribution is 5.87. The Bertz CT molecular complexity index is 1690. The number of hydrogen-bond donors (Lipinski definition) is 2. The predicted molar refractivity (Wildman–Crippen MR) is 178 cm³/mol. The van der Waals surface area contributed by atoms with Crippen LogP contribution < -0.4 is 16.0 Å². The first-order chi connectivity index (χ1) is 22.0. The van der Waals surface area contributed by atoms with Crippen molar-refractivity contribution >= 4 is 28.7 Å². The van der Waals surface area contributed by atoms with Crippen LogP contribution in [0.1, 0.15) is 43.2 Å². The van der Waals surface area contributed by atoms with Crippen molar-refractivity contribution in [1.29, 1.82) is 0 Å². The van der Waals surface area contributed by atoms with Crippen LogP contribution in [0.25, 0.3) is 28.2 Å². The van der Waals surface area contributed by atoms with Crippen molar-refractivity contribution in [1.82, 2.24) is 29.7 Å². The molecule has 10 heteroatoms. The smallest absolute Gasteiger partial charge is 0.245 e. The highest BCUT2D eigenvalue weighted by Gasteiger charge is 2.38. The van der Waals surface area contributed by atoms with E-state index in [-0.39, 0.29) is 5.91 Å².